The number of halogens is 1. The molecular formula is C16H16ClN3. The normalized spacial score (nSPS) is 10.5. The lowest BCUT2D eigenvalue weighted by atomic mass is 10.1. The van der Waals surface area contributed by atoms with Crippen LogP contribution in [0.1, 0.15) is 23.6 Å². The summed E-state index contributed by atoms with van der Waals surface area (Å²) >= 11 is 6.22. The first-order valence-corrected chi connectivity index (χ1v) is 6.90. The van der Waals surface area contributed by atoms with Gasteiger partial charge in [0.25, 0.3) is 0 Å². The molecule has 0 atom stereocenters. The zero-order valence-electron chi connectivity index (χ0n) is 11.4. The maximum atomic E-state index is 8.85. The second-order valence-electron chi connectivity index (χ2n) is 4.58. The van der Waals surface area contributed by atoms with E-state index < -0.39 is 0 Å². The van der Waals surface area contributed by atoms with Crippen molar-refractivity contribution in [2.75, 3.05) is 6.54 Å². The van der Waals surface area contributed by atoms with Crippen molar-refractivity contribution < 1.29 is 0 Å². The topological polar surface area (TPSA) is 39.9 Å². The summed E-state index contributed by atoms with van der Waals surface area (Å²) in [5, 5.41) is 9.50. The van der Waals surface area contributed by atoms with Gasteiger partial charge >= 0.3 is 0 Å². The zero-order chi connectivity index (χ0) is 14.4. The van der Waals surface area contributed by atoms with Crippen LogP contribution in [0.5, 0.6) is 0 Å². The summed E-state index contributed by atoms with van der Waals surface area (Å²) in [5.41, 5.74) is 2.86. The van der Waals surface area contributed by atoms with Crippen molar-refractivity contribution in [2.24, 2.45) is 0 Å². The molecule has 0 bridgehead atoms. The fraction of sp³-hybridized carbons (Fsp3) is 0.250. The van der Waals surface area contributed by atoms with Gasteiger partial charge in [0, 0.05) is 30.5 Å². The monoisotopic (exact) mass is 285 g/mol. The zero-order valence-corrected chi connectivity index (χ0v) is 12.1. The summed E-state index contributed by atoms with van der Waals surface area (Å²) < 4.78 is 0. The summed E-state index contributed by atoms with van der Waals surface area (Å²) in [6, 6.07) is 11.6. The van der Waals surface area contributed by atoms with Crippen LogP contribution in [-0.4, -0.2) is 16.4 Å². The second-order valence-corrected chi connectivity index (χ2v) is 4.98. The lowest BCUT2D eigenvalue weighted by molar-refractivity contribution is 0.271. The van der Waals surface area contributed by atoms with Crippen molar-refractivity contribution in [3.63, 3.8) is 0 Å². The molecule has 3 nitrogen and oxygen atoms in total. The summed E-state index contributed by atoms with van der Waals surface area (Å²) in [6.45, 7) is 4.68. The highest BCUT2D eigenvalue weighted by atomic mass is 35.5. The molecule has 0 saturated heterocycles. The van der Waals surface area contributed by atoms with E-state index in [0.717, 1.165) is 25.2 Å². The van der Waals surface area contributed by atoms with Gasteiger partial charge in [0.1, 0.15) is 0 Å². The van der Waals surface area contributed by atoms with Crippen LogP contribution < -0.4 is 0 Å². The maximum absolute atomic E-state index is 8.85. The van der Waals surface area contributed by atoms with Crippen LogP contribution in [0, 0.1) is 11.3 Å². The number of nitriles is 1. The van der Waals surface area contributed by atoms with E-state index in [1.165, 1.54) is 5.56 Å². The summed E-state index contributed by atoms with van der Waals surface area (Å²) in [7, 11) is 0. The van der Waals surface area contributed by atoms with E-state index in [0.29, 0.717) is 10.6 Å². The Hall–Kier alpha value is -1.89. The molecule has 1 heterocycles. The Labute approximate surface area is 124 Å². The smallest absolute Gasteiger partial charge is 0.0992 e. The van der Waals surface area contributed by atoms with Crippen molar-refractivity contribution in [1.82, 2.24) is 9.88 Å². The quantitative estimate of drug-likeness (QED) is 0.842. The van der Waals surface area contributed by atoms with Crippen LogP contribution in [0.3, 0.4) is 0 Å². The average Bonchev–Trinajstić information content (AvgIpc) is 2.49. The van der Waals surface area contributed by atoms with Crippen molar-refractivity contribution in [2.45, 2.75) is 20.0 Å². The van der Waals surface area contributed by atoms with Crippen molar-refractivity contribution in [1.29, 1.82) is 5.26 Å². The van der Waals surface area contributed by atoms with Gasteiger partial charge in [-0.15, -0.1) is 0 Å². The molecule has 2 rings (SSSR count). The Balaban J connectivity index is 2.09. The molecular weight excluding hydrogens is 270 g/mol. The molecule has 4 heteroatoms. The molecule has 0 saturated carbocycles. The minimum absolute atomic E-state index is 0.593. The van der Waals surface area contributed by atoms with Gasteiger partial charge in [0.2, 0.25) is 0 Å². The molecule has 0 spiro atoms. The first-order valence-electron chi connectivity index (χ1n) is 6.52. The number of benzene rings is 1. The summed E-state index contributed by atoms with van der Waals surface area (Å²) in [5.74, 6) is 0. The van der Waals surface area contributed by atoms with Crippen LogP contribution in [0.25, 0.3) is 0 Å². The third-order valence-electron chi connectivity index (χ3n) is 3.18. The minimum Gasteiger partial charge on any atom is -0.295 e. The average molecular weight is 286 g/mol. The highest BCUT2D eigenvalue weighted by molar-refractivity contribution is 6.31. The highest BCUT2D eigenvalue weighted by Gasteiger charge is 2.08. The number of hydrogen-bond acceptors (Lipinski definition) is 3. The number of hydrogen-bond donors (Lipinski definition) is 0. The fourth-order valence-electron chi connectivity index (χ4n) is 2.01. The molecule has 0 unspecified atom stereocenters. The first kappa shape index (κ1) is 14.5. The molecule has 1 aromatic carbocycles. The van der Waals surface area contributed by atoms with E-state index in [1.54, 1.807) is 18.5 Å². The van der Waals surface area contributed by atoms with E-state index >= 15 is 0 Å². The van der Waals surface area contributed by atoms with Crippen LogP contribution in [0.4, 0.5) is 0 Å². The van der Waals surface area contributed by atoms with Crippen LogP contribution >= 0.6 is 11.6 Å². The van der Waals surface area contributed by atoms with E-state index in [2.05, 4.69) is 22.9 Å². The Kier molecular flexibility index (Phi) is 5.11. The van der Waals surface area contributed by atoms with Crippen LogP contribution in [0.2, 0.25) is 5.02 Å². The third kappa shape index (κ3) is 3.80. The lowest BCUT2D eigenvalue weighted by Crippen LogP contribution is -2.22. The minimum atomic E-state index is 0.593. The molecule has 0 N–H and O–H groups in total. The van der Waals surface area contributed by atoms with E-state index in [9.17, 15) is 0 Å². The first-order chi connectivity index (χ1) is 9.72. The molecule has 0 aliphatic heterocycles. The van der Waals surface area contributed by atoms with Gasteiger partial charge in [-0.2, -0.15) is 5.26 Å². The Morgan fingerprint density at radius 2 is 1.95 bits per heavy atom. The number of pyridine rings is 1. The van der Waals surface area contributed by atoms with Crippen LogP contribution in [-0.2, 0) is 13.1 Å². The van der Waals surface area contributed by atoms with Crippen molar-refractivity contribution >= 4 is 11.6 Å². The molecule has 0 fully saturated rings. The second kappa shape index (κ2) is 7.04. The largest absolute Gasteiger partial charge is 0.295 e. The molecule has 1 aromatic heterocycles. The Morgan fingerprint density at radius 3 is 2.55 bits per heavy atom. The molecule has 20 heavy (non-hydrogen) atoms. The van der Waals surface area contributed by atoms with Gasteiger partial charge in [-0.25, -0.2) is 0 Å². The Bertz CT molecular complexity index is 605. The van der Waals surface area contributed by atoms with E-state index in [-0.39, 0.29) is 0 Å². The highest BCUT2D eigenvalue weighted by Crippen LogP contribution is 2.20. The standard InChI is InChI=1S/C16H16ClN3/c1-2-20(11-13-5-7-19-8-6-13)12-15-4-3-14(10-18)9-16(15)17/h3-9H,2,11-12H2,1H3. The van der Waals surface area contributed by atoms with Crippen molar-refractivity contribution in [3.05, 3.63) is 64.4 Å². The third-order valence-corrected chi connectivity index (χ3v) is 3.53. The van der Waals surface area contributed by atoms with Gasteiger partial charge in [0.05, 0.1) is 11.6 Å². The fourth-order valence-corrected chi connectivity index (χ4v) is 2.25. The van der Waals surface area contributed by atoms with Gasteiger partial charge in [-0.1, -0.05) is 24.6 Å². The Morgan fingerprint density at radius 1 is 1.20 bits per heavy atom. The molecule has 2 aromatic rings. The predicted octanol–water partition coefficient (Wildman–Crippen LogP) is 3.63. The van der Waals surface area contributed by atoms with Gasteiger partial charge in [-0.3, -0.25) is 9.88 Å². The van der Waals surface area contributed by atoms with E-state index in [4.69, 9.17) is 16.9 Å². The van der Waals surface area contributed by atoms with Gasteiger partial charge in [0.15, 0.2) is 0 Å². The summed E-state index contributed by atoms with van der Waals surface area (Å²) in [4.78, 5) is 6.32. The van der Waals surface area contributed by atoms with Crippen molar-refractivity contribution in [3.8, 4) is 6.07 Å². The summed E-state index contributed by atoms with van der Waals surface area (Å²) in [6.07, 6.45) is 3.61. The number of rotatable bonds is 5. The number of aromatic nitrogens is 1. The van der Waals surface area contributed by atoms with Gasteiger partial charge < -0.3 is 0 Å². The van der Waals surface area contributed by atoms with Gasteiger partial charge in [-0.05, 0) is 41.9 Å². The predicted molar refractivity (Wildman–Crippen MR) is 80.2 cm³/mol. The molecule has 0 aliphatic carbocycles. The SMILES string of the molecule is CCN(Cc1ccncc1)Cc1ccc(C#N)cc1Cl. The van der Waals surface area contributed by atoms with E-state index in [1.807, 2.05) is 24.3 Å². The number of nitrogens with zero attached hydrogens (tertiary/aromatic N) is 3. The molecule has 0 radical (unpaired) electrons. The molecule has 0 amide bonds. The lowest BCUT2D eigenvalue weighted by Gasteiger charge is -2.21. The van der Waals surface area contributed by atoms with Crippen LogP contribution in [0.15, 0.2) is 42.7 Å². The molecule has 102 valence electrons. The molecule has 0 aliphatic rings. The maximum Gasteiger partial charge on any atom is 0.0992 e.